The monoisotopic (exact) mass is 300 g/mol. The van der Waals surface area contributed by atoms with Crippen molar-refractivity contribution in [3.63, 3.8) is 0 Å². The Kier molecular flexibility index (Phi) is 4.22. The number of hydrogen-bond acceptors (Lipinski definition) is 6. The predicted molar refractivity (Wildman–Crippen MR) is 83.2 cm³/mol. The Morgan fingerprint density at radius 3 is 3.05 bits per heavy atom. The van der Waals surface area contributed by atoms with Gasteiger partial charge in [-0.2, -0.15) is 0 Å². The first-order chi connectivity index (χ1) is 10.7. The van der Waals surface area contributed by atoms with Crippen LogP contribution < -0.4 is 10.5 Å². The van der Waals surface area contributed by atoms with Gasteiger partial charge in [0.1, 0.15) is 17.4 Å². The van der Waals surface area contributed by atoms with E-state index in [0.29, 0.717) is 31.2 Å². The van der Waals surface area contributed by atoms with Crippen molar-refractivity contribution in [2.75, 3.05) is 19.4 Å². The van der Waals surface area contributed by atoms with Crippen LogP contribution in [0.15, 0.2) is 36.5 Å². The van der Waals surface area contributed by atoms with Crippen molar-refractivity contribution in [1.82, 2.24) is 14.9 Å². The van der Waals surface area contributed by atoms with Gasteiger partial charge in [0.15, 0.2) is 0 Å². The van der Waals surface area contributed by atoms with Gasteiger partial charge in [0.2, 0.25) is 0 Å². The van der Waals surface area contributed by atoms with Crippen molar-refractivity contribution in [2.24, 2.45) is 0 Å². The molecule has 2 heterocycles. The maximum atomic E-state index is 10.1. The third-order valence-electron chi connectivity index (χ3n) is 3.93. The van der Waals surface area contributed by atoms with Crippen LogP contribution in [-0.2, 0) is 6.54 Å². The molecule has 2 aromatic rings. The number of anilines is 1. The lowest BCUT2D eigenvalue weighted by Crippen LogP contribution is -2.25. The van der Waals surface area contributed by atoms with Gasteiger partial charge in [-0.15, -0.1) is 0 Å². The number of methoxy groups -OCH3 is 1. The lowest BCUT2D eigenvalue weighted by molar-refractivity contribution is 0.171. The van der Waals surface area contributed by atoms with Crippen molar-refractivity contribution < 1.29 is 9.84 Å². The van der Waals surface area contributed by atoms with Crippen LogP contribution in [0.1, 0.15) is 23.9 Å². The Balaban J connectivity index is 1.82. The number of aliphatic hydroxyl groups excluding tert-OH is 1. The van der Waals surface area contributed by atoms with Gasteiger partial charge >= 0.3 is 0 Å². The van der Waals surface area contributed by atoms with Crippen LogP contribution in [0, 0.1) is 0 Å². The number of β-amino-alcohol motifs (C(OH)–C–C–N with tert-alkyl or cyclic N) is 1. The molecule has 0 radical (unpaired) electrons. The van der Waals surface area contributed by atoms with E-state index in [2.05, 4.69) is 20.9 Å². The number of aliphatic hydroxyl groups is 1. The maximum Gasteiger partial charge on any atom is 0.144 e. The van der Waals surface area contributed by atoms with Crippen molar-refractivity contribution in [3.8, 4) is 5.75 Å². The van der Waals surface area contributed by atoms with Crippen LogP contribution in [0.4, 0.5) is 5.82 Å². The highest BCUT2D eigenvalue weighted by Gasteiger charge is 2.32. The molecule has 0 spiro atoms. The molecule has 116 valence electrons. The molecule has 3 rings (SSSR count). The highest BCUT2D eigenvalue weighted by Crippen LogP contribution is 2.34. The summed E-state index contributed by atoms with van der Waals surface area (Å²) in [4.78, 5) is 10.7. The summed E-state index contributed by atoms with van der Waals surface area (Å²) in [5, 5.41) is 10.1. The lowest BCUT2D eigenvalue weighted by atomic mass is 10.0. The minimum Gasteiger partial charge on any atom is -0.497 e. The first kappa shape index (κ1) is 14.7. The number of nitrogens with zero attached hydrogens (tertiary/aromatic N) is 3. The molecule has 0 bridgehead atoms. The molecule has 0 saturated carbocycles. The summed E-state index contributed by atoms with van der Waals surface area (Å²) in [6, 6.07) is 9.74. The van der Waals surface area contributed by atoms with E-state index in [4.69, 9.17) is 10.5 Å². The van der Waals surface area contributed by atoms with Crippen LogP contribution in [0.2, 0.25) is 0 Å². The molecule has 1 aliphatic heterocycles. The summed E-state index contributed by atoms with van der Waals surface area (Å²) in [7, 11) is 1.65. The van der Waals surface area contributed by atoms with Gasteiger partial charge in [-0.05, 0) is 30.2 Å². The Hall–Kier alpha value is -2.18. The zero-order valence-corrected chi connectivity index (χ0v) is 12.5. The quantitative estimate of drug-likeness (QED) is 0.887. The molecular formula is C16H20N4O2. The molecule has 22 heavy (non-hydrogen) atoms. The first-order valence-electron chi connectivity index (χ1n) is 7.29. The summed E-state index contributed by atoms with van der Waals surface area (Å²) < 4.78 is 5.29. The van der Waals surface area contributed by atoms with Gasteiger partial charge in [0.25, 0.3) is 0 Å². The average Bonchev–Trinajstić information content (AvgIpc) is 2.88. The fourth-order valence-electron chi connectivity index (χ4n) is 2.92. The summed E-state index contributed by atoms with van der Waals surface area (Å²) in [5.74, 6) is 1.95. The molecule has 1 saturated heterocycles. The second-order valence-electron chi connectivity index (χ2n) is 5.51. The number of rotatable bonds is 4. The Morgan fingerprint density at radius 2 is 2.27 bits per heavy atom. The van der Waals surface area contributed by atoms with Crippen LogP contribution in [0.3, 0.4) is 0 Å². The molecule has 1 fully saturated rings. The van der Waals surface area contributed by atoms with Crippen LogP contribution in [-0.4, -0.2) is 39.7 Å². The molecule has 1 aromatic carbocycles. The zero-order chi connectivity index (χ0) is 15.5. The van der Waals surface area contributed by atoms with E-state index in [1.807, 2.05) is 18.2 Å². The fourth-order valence-corrected chi connectivity index (χ4v) is 2.92. The van der Waals surface area contributed by atoms with Crippen molar-refractivity contribution >= 4 is 5.82 Å². The Morgan fingerprint density at radius 1 is 1.41 bits per heavy atom. The van der Waals surface area contributed by atoms with Gasteiger partial charge in [-0.3, -0.25) is 4.90 Å². The molecule has 6 heteroatoms. The molecule has 1 aromatic heterocycles. The van der Waals surface area contributed by atoms with E-state index in [1.165, 1.54) is 0 Å². The molecular weight excluding hydrogens is 280 g/mol. The number of benzene rings is 1. The Bertz CT molecular complexity index is 650. The van der Waals surface area contributed by atoms with E-state index in [0.717, 1.165) is 11.3 Å². The van der Waals surface area contributed by atoms with Gasteiger partial charge in [0, 0.05) is 18.8 Å². The number of nitrogen functional groups attached to an aromatic ring is 1. The van der Waals surface area contributed by atoms with E-state index in [1.54, 1.807) is 19.4 Å². The van der Waals surface area contributed by atoms with Gasteiger partial charge < -0.3 is 15.6 Å². The number of hydrogen-bond donors (Lipinski definition) is 2. The summed E-state index contributed by atoms with van der Waals surface area (Å²) >= 11 is 0. The maximum absolute atomic E-state index is 10.1. The molecule has 2 atom stereocenters. The predicted octanol–water partition coefficient (Wildman–Crippen LogP) is 1.38. The lowest BCUT2D eigenvalue weighted by Gasteiger charge is -2.24. The summed E-state index contributed by atoms with van der Waals surface area (Å²) in [6.45, 7) is 1.16. The minimum absolute atomic E-state index is 0.120. The minimum atomic E-state index is -0.350. The number of ether oxygens (including phenoxy) is 1. The van der Waals surface area contributed by atoms with Crippen molar-refractivity contribution in [2.45, 2.75) is 25.1 Å². The van der Waals surface area contributed by atoms with Gasteiger partial charge in [0.05, 0.1) is 19.8 Å². The molecule has 3 N–H and O–H groups in total. The Labute approximate surface area is 129 Å². The topological polar surface area (TPSA) is 84.5 Å². The van der Waals surface area contributed by atoms with Gasteiger partial charge in [-0.1, -0.05) is 12.1 Å². The highest BCUT2D eigenvalue weighted by molar-refractivity contribution is 5.31. The zero-order valence-electron chi connectivity index (χ0n) is 12.5. The number of likely N-dealkylation sites (tertiary alicyclic amines) is 1. The smallest absolute Gasteiger partial charge is 0.144 e. The number of aromatic nitrogens is 2. The number of nitrogens with two attached hydrogens (primary N) is 1. The van der Waals surface area contributed by atoms with E-state index in [-0.39, 0.29) is 12.1 Å². The van der Waals surface area contributed by atoms with E-state index < -0.39 is 0 Å². The third-order valence-corrected chi connectivity index (χ3v) is 3.93. The standard InChI is InChI=1S/C16H20N4O2/c1-22-13-4-2-3-11(7-13)14-8-12(21)9-20(14)10-16-18-6-5-15(17)19-16/h2-7,12,14,21H,8-10H2,1H3,(H2,17,18,19). The molecule has 0 aliphatic carbocycles. The van der Waals surface area contributed by atoms with Gasteiger partial charge in [-0.25, -0.2) is 9.97 Å². The average molecular weight is 300 g/mol. The molecule has 1 aliphatic rings. The van der Waals surface area contributed by atoms with Crippen molar-refractivity contribution in [1.29, 1.82) is 0 Å². The van der Waals surface area contributed by atoms with E-state index >= 15 is 0 Å². The second-order valence-corrected chi connectivity index (χ2v) is 5.51. The molecule has 0 amide bonds. The van der Waals surface area contributed by atoms with Crippen LogP contribution in [0.5, 0.6) is 5.75 Å². The third kappa shape index (κ3) is 3.18. The second kappa shape index (κ2) is 6.29. The summed E-state index contributed by atoms with van der Waals surface area (Å²) in [6.07, 6.45) is 2.00. The normalized spacial score (nSPS) is 21.9. The summed E-state index contributed by atoms with van der Waals surface area (Å²) in [5.41, 5.74) is 6.83. The van der Waals surface area contributed by atoms with Crippen LogP contribution in [0.25, 0.3) is 0 Å². The SMILES string of the molecule is COc1cccc(C2CC(O)CN2Cc2nccc(N)n2)c1. The van der Waals surface area contributed by atoms with Crippen LogP contribution >= 0.6 is 0 Å². The fraction of sp³-hybridized carbons (Fsp3) is 0.375. The molecule has 6 nitrogen and oxygen atoms in total. The molecule has 2 unspecified atom stereocenters. The first-order valence-corrected chi connectivity index (χ1v) is 7.29. The largest absolute Gasteiger partial charge is 0.497 e. The highest BCUT2D eigenvalue weighted by atomic mass is 16.5. The van der Waals surface area contributed by atoms with Crippen molar-refractivity contribution in [3.05, 3.63) is 47.9 Å². The van der Waals surface area contributed by atoms with E-state index in [9.17, 15) is 5.11 Å².